The zero-order chi connectivity index (χ0) is 25.0. The summed E-state index contributed by atoms with van der Waals surface area (Å²) < 4.78 is 54.9. The molecular weight excluding hydrogens is 464 g/mol. The van der Waals surface area contributed by atoms with E-state index in [4.69, 9.17) is 0 Å². The predicted octanol–water partition coefficient (Wildman–Crippen LogP) is 3.49. The van der Waals surface area contributed by atoms with E-state index in [9.17, 15) is 22.4 Å². The topological polar surface area (TPSA) is 66.3 Å². The second-order valence-electron chi connectivity index (χ2n) is 8.38. The van der Waals surface area contributed by atoms with Crippen LogP contribution in [0.5, 0.6) is 0 Å². The van der Waals surface area contributed by atoms with Gasteiger partial charge in [0.1, 0.15) is 5.82 Å². The van der Waals surface area contributed by atoms with Crippen LogP contribution >= 0.6 is 0 Å². The lowest BCUT2D eigenvalue weighted by Gasteiger charge is -2.34. The van der Waals surface area contributed by atoms with Crippen LogP contribution in [0.4, 0.5) is 17.6 Å². The fourth-order valence-electron chi connectivity index (χ4n) is 4.00. The normalized spacial score (nSPS) is 15.3. The van der Waals surface area contributed by atoms with Crippen molar-refractivity contribution in [3.63, 3.8) is 0 Å². The molecule has 0 atom stereocenters. The standard InChI is InChI=1S/C24H26F4N6O/c1-2-32-11-13-33(14-12-32)16-18-5-3-17(4-6-18)15-29-23(35)21-22(24(26,27)28)34(31-30-21)20-9-7-19(25)8-10-20/h3-10H,2,11-16H2,1H3,(H,29,35). The lowest BCUT2D eigenvalue weighted by Crippen LogP contribution is -2.45. The molecule has 3 aromatic rings. The van der Waals surface area contributed by atoms with E-state index in [1.54, 1.807) is 0 Å². The Morgan fingerprint density at radius 1 is 0.943 bits per heavy atom. The van der Waals surface area contributed by atoms with Gasteiger partial charge in [0.15, 0.2) is 11.4 Å². The van der Waals surface area contributed by atoms with Crippen molar-refractivity contribution in [2.75, 3.05) is 32.7 Å². The van der Waals surface area contributed by atoms with Gasteiger partial charge in [0.25, 0.3) is 5.91 Å². The minimum absolute atomic E-state index is 0.0367. The first kappa shape index (κ1) is 24.8. The van der Waals surface area contributed by atoms with Crippen LogP contribution in [0.3, 0.4) is 0 Å². The quantitative estimate of drug-likeness (QED) is 0.514. The van der Waals surface area contributed by atoms with Crippen LogP contribution in [0.25, 0.3) is 5.69 Å². The number of hydrogen-bond acceptors (Lipinski definition) is 5. The van der Waals surface area contributed by atoms with Crippen molar-refractivity contribution in [1.29, 1.82) is 0 Å². The van der Waals surface area contributed by atoms with Crippen LogP contribution in [-0.2, 0) is 19.3 Å². The molecule has 1 aliphatic heterocycles. The molecule has 35 heavy (non-hydrogen) atoms. The number of amides is 1. The molecule has 1 aromatic heterocycles. The van der Waals surface area contributed by atoms with Crippen LogP contribution in [0, 0.1) is 5.82 Å². The number of likely N-dealkylation sites (N-methyl/N-ethyl adjacent to an activating group) is 1. The molecule has 2 heterocycles. The molecule has 1 saturated heterocycles. The molecule has 1 fully saturated rings. The number of carbonyl (C=O) groups excluding carboxylic acids is 1. The summed E-state index contributed by atoms with van der Waals surface area (Å²) in [5.74, 6) is -1.60. The Hall–Kier alpha value is -3.31. The Kier molecular flexibility index (Phi) is 7.46. The summed E-state index contributed by atoms with van der Waals surface area (Å²) in [5.41, 5.74) is -0.342. The zero-order valence-electron chi connectivity index (χ0n) is 19.2. The van der Waals surface area contributed by atoms with Gasteiger partial charge in [0.2, 0.25) is 0 Å². The molecule has 0 aliphatic carbocycles. The van der Waals surface area contributed by atoms with Crippen LogP contribution in [-0.4, -0.2) is 63.4 Å². The molecule has 0 bridgehead atoms. The second kappa shape index (κ2) is 10.5. The first-order valence-electron chi connectivity index (χ1n) is 11.3. The van der Waals surface area contributed by atoms with E-state index in [0.29, 0.717) is 4.68 Å². The number of carbonyl (C=O) groups is 1. The van der Waals surface area contributed by atoms with Crippen molar-refractivity contribution >= 4 is 5.91 Å². The number of halogens is 4. The molecule has 0 spiro atoms. The zero-order valence-corrected chi connectivity index (χ0v) is 19.2. The summed E-state index contributed by atoms with van der Waals surface area (Å²) in [6.45, 7) is 8.18. The highest BCUT2D eigenvalue weighted by atomic mass is 19.4. The van der Waals surface area contributed by atoms with E-state index in [1.807, 2.05) is 24.3 Å². The van der Waals surface area contributed by atoms with E-state index in [2.05, 4.69) is 32.4 Å². The molecule has 0 saturated carbocycles. The highest BCUT2D eigenvalue weighted by Crippen LogP contribution is 2.32. The maximum Gasteiger partial charge on any atom is 0.435 e. The first-order chi connectivity index (χ1) is 16.7. The third-order valence-corrected chi connectivity index (χ3v) is 6.02. The Labute approximate surface area is 200 Å². The van der Waals surface area contributed by atoms with Gasteiger partial charge in [-0.2, -0.15) is 13.2 Å². The summed E-state index contributed by atoms with van der Waals surface area (Å²) in [7, 11) is 0. The summed E-state index contributed by atoms with van der Waals surface area (Å²) >= 11 is 0. The van der Waals surface area contributed by atoms with Crippen molar-refractivity contribution in [2.24, 2.45) is 0 Å². The van der Waals surface area contributed by atoms with Gasteiger partial charge in [0.05, 0.1) is 5.69 Å². The van der Waals surface area contributed by atoms with Crippen molar-refractivity contribution in [1.82, 2.24) is 30.1 Å². The maximum absolute atomic E-state index is 13.7. The van der Waals surface area contributed by atoms with E-state index in [0.717, 1.165) is 74.7 Å². The number of nitrogens with one attached hydrogen (secondary N) is 1. The van der Waals surface area contributed by atoms with Gasteiger partial charge in [-0.05, 0) is 41.9 Å². The highest BCUT2D eigenvalue weighted by Gasteiger charge is 2.42. The molecule has 11 heteroatoms. The fourth-order valence-corrected chi connectivity index (χ4v) is 4.00. The van der Waals surface area contributed by atoms with Crippen LogP contribution in [0.15, 0.2) is 48.5 Å². The van der Waals surface area contributed by atoms with Gasteiger partial charge in [-0.15, -0.1) is 5.10 Å². The van der Waals surface area contributed by atoms with Gasteiger partial charge in [0, 0.05) is 39.3 Å². The molecule has 0 radical (unpaired) electrons. The minimum Gasteiger partial charge on any atom is -0.346 e. The summed E-state index contributed by atoms with van der Waals surface area (Å²) in [4.78, 5) is 17.4. The number of alkyl halides is 3. The molecule has 1 amide bonds. The van der Waals surface area contributed by atoms with E-state index in [-0.39, 0.29) is 12.2 Å². The Bertz CT molecular complexity index is 1140. The summed E-state index contributed by atoms with van der Waals surface area (Å²) in [5, 5.41) is 9.44. The van der Waals surface area contributed by atoms with Crippen LogP contribution < -0.4 is 5.32 Å². The monoisotopic (exact) mass is 490 g/mol. The lowest BCUT2D eigenvalue weighted by molar-refractivity contribution is -0.143. The third-order valence-electron chi connectivity index (χ3n) is 6.02. The Morgan fingerprint density at radius 3 is 2.14 bits per heavy atom. The van der Waals surface area contributed by atoms with Crippen molar-refractivity contribution < 1.29 is 22.4 Å². The number of benzene rings is 2. The fraction of sp³-hybridized carbons (Fsp3) is 0.375. The van der Waals surface area contributed by atoms with Gasteiger partial charge in [-0.1, -0.05) is 36.4 Å². The average molecular weight is 491 g/mol. The highest BCUT2D eigenvalue weighted by molar-refractivity contribution is 5.93. The van der Waals surface area contributed by atoms with Crippen LogP contribution in [0.2, 0.25) is 0 Å². The Balaban J connectivity index is 1.40. The van der Waals surface area contributed by atoms with Crippen LogP contribution in [0.1, 0.15) is 34.2 Å². The van der Waals surface area contributed by atoms with Crippen molar-refractivity contribution in [3.8, 4) is 5.69 Å². The Morgan fingerprint density at radius 2 is 1.54 bits per heavy atom. The van der Waals surface area contributed by atoms with Crippen molar-refractivity contribution in [3.05, 3.63) is 76.9 Å². The number of rotatable bonds is 7. The minimum atomic E-state index is -4.89. The van der Waals surface area contributed by atoms with E-state index >= 15 is 0 Å². The first-order valence-corrected chi connectivity index (χ1v) is 11.3. The number of hydrogen-bond donors (Lipinski definition) is 1. The van der Waals surface area contributed by atoms with Crippen molar-refractivity contribution in [2.45, 2.75) is 26.2 Å². The van der Waals surface area contributed by atoms with Gasteiger partial charge in [-0.25, -0.2) is 9.07 Å². The largest absolute Gasteiger partial charge is 0.435 e. The molecule has 2 aromatic carbocycles. The van der Waals surface area contributed by atoms with Gasteiger partial charge < -0.3 is 10.2 Å². The lowest BCUT2D eigenvalue weighted by atomic mass is 10.1. The molecular formula is C24H26F4N6O. The molecule has 1 aliphatic rings. The predicted molar refractivity (Wildman–Crippen MR) is 121 cm³/mol. The molecule has 0 unspecified atom stereocenters. The number of nitrogens with zero attached hydrogens (tertiary/aromatic N) is 5. The second-order valence-corrected chi connectivity index (χ2v) is 8.38. The van der Waals surface area contributed by atoms with Gasteiger partial charge >= 0.3 is 6.18 Å². The summed E-state index contributed by atoms with van der Waals surface area (Å²) in [6, 6.07) is 11.9. The summed E-state index contributed by atoms with van der Waals surface area (Å²) in [6.07, 6.45) is -4.89. The number of piperazine rings is 1. The smallest absolute Gasteiger partial charge is 0.346 e. The maximum atomic E-state index is 13.7. The van der Waals surface area contributed by atoms with E-state index < -0.39 is 29.3 Å². The molecule has 4 rings (SSSR count). The number of aromatic nitrogens is 3. The van der Waals surface area contributed by atoms with Gasteiger partial charge in [-0.3, -0.25) is 9.69 Å². The van der Waals surface area contributed by atoms with E-state index in [1.165, 1.54) is 0 Å². The molecule has 1 N–H and O–H groups in total. The SMILES string of the molecule is CCN1CCN(Cc2ccc(CNC(=O)c3nnn(-c4ccc(F)cc4)c3C(F)(F)F)cc2)CC1. The molecule has 7 nitrogen and oxygen atoms in total. The third kappa shape index (κ3) is 6.04. The molecule has 186 valence electrons. The average Bonchev–Trinajstić information content (AvgIpc) is 3.30.